The molecule has 0 N–H and O–H groups in total. The summed E-state index contributed by atoms with van der Waals surface area (Å²) in [5, 5.41) is 1.23. The molecule has 97 valence electrons. The third kappa shape index (κ3) is 2.60. The van der Waals surface area contributed by atoms with Gasteiger partial charge in [-0.25, -0.2) is 0 Å². The molecule has 0 fully saturated rings. The fourth-order valence-electron chi connectivity index (χ4n) is 2.25. The Labute approximate surface area is 127 Å². The first-order valence-corrected chi connectivity index (χ1v) is 6.10. The van der Waals surface area contributed by atoms with Gasteiger partial charge in [0.2, 0.25) is 0 Å². The number of nitrogens with zero attached hydrogens (tertiary/aromatic N) is 1. The predicted octanol–water partition coefficient (Wildman–Crippen LogP) is 4.32. The van der Waals surface area contributed by atoms with E-state index in [1.54, 1.807) is 0 Å². The van der Waals surface area contributed by atoms with Gasteiger partial charge >= 0.3 is 0 Å². The van der Waals surface area contributed by atoms with Crippen molar-refractivity contribution in [2.24, 2.45) is 0 Å². The van der Waals surface area contributed by atoms with Crippen molar-refractivity contribution in [1.29, 1.82) is 0 Å². The van der Waals surface area contributed by atoms with Gasteiger partial charge in [0, 0.05) is 25.5 Å². The maximum Gasteiger partial charge on any atom is 0.0627 e. The molecule has 3 aromatic rings. The van der Waals surface area contributed by atoms with E-state index in [9.17, 15) is 0 Å². The normalized spacial score (nSPS) is 10.2. The van der Waals surface area contributed by atoms with E-state index in [1.807, 2.05) is 24.3 Å². The van der Waals surface area contributed by atoms with Crippen LogP contribution in [0.2, 0.25) is 0 Å². The smallest absolute Gasteiger partial charge is 0.0627 e. The Morgan fingerprint density at radius 2 is 1.79 bits per heavy atom. The molecule has 0 spiro atoms. The number of hydrogen-bond acceptors (Lipinski definition) is 1. The Bertz CT molecular complexity index is 705. The second-order valence-electron chi connectivity index (χ2n) is 4.57. The summed E-state index contributed by atoms with van der Waals surface area (Å²) in [4.78, 5) is 4.77. The molecule has 3 rings (SSSR count). The topological polar surface area (TPSA) is 12.9 Å². The average Bonchev–Trinajstić information content (AvgIpc) is 2.41. The number of pyridine rings is 1. The van der Waals surface area contributed by atoms with Crippen LogP contribution in [0.25, 0.3) is 22.2 Å². The molecule has 1 aromatic heterocycles. The molecular formula is C17H14IrN-. The third-order valence-electron chi connectivity index (χ3n) is 3.23. The minimum absolute atomic E-state index is 0. The maximum atomic E-state index is 4.77. The molecule has 0 saturated carbocycles. The predicted molar refractivity (Wildman–Crippen MR) is 75.5 cm³/mol. The molecule has 1 nitrogen and oxygen atoms in total. The minimum atomic E-state index is 0. The summed E-state index contributed by atoms with van der Waals surface area (Å²) in [5.74, 6) is 0. The molecule has 0 unspecified atom stereocenters. The first-order valence-electron chi connectivity index (χ1n) is 6.10. The van der Waals surface area contributed by atoms with E-state index >= 15 is 0 Å². The number of aryl methyl sites for hydroxylation is 2. The number of para-hydroxylation sites is 1. The summed E-state index contributed by atoms with van der Waals surface area (Å²) in [6.07, 6.45) is 0. The van der Waals surface area contributed by atoms with E-state index < -0.39 is 0 Å². The van der Waals surface area contributed by atoms with Crippen LogP contribution in [0.4, 0.5) is 0 Å². The van der Waals surface area contributed by atoms with Crippen molar-refractivity contribution < 1.29 is 20.1 Å². The molecule has 2 heteroatoms. The average molecular weight is 425 g/mol. The molecule has 0 bridgehead atoms. The zero-order chi connectivity index (χ0) is 12.5. The van der Waals surface area contributed by atoms with Crippen molar-refractivity contribution in [2.45, 2.75) is 13.8 Å². The van der Waals surface area contributed by atoms with Crippen LogP contribution in [0.5, 0.6) is 0 Å². The van der Waals surface area contributed by atoms with Crippen molar-refractivity contribution in [3.05, 3.63) is 65.7 Å². The van der Waals surface area contributed by atoms with Crippen molar-refractivity contribution in [3.63, 3.8) is 0 Å². The third-order valence-corrected chi connectivity index (χ3v) is 3.23. The van der Waals surface area contributed by atoms with Gasteiger partial charge in [0.1, 0.15) is 0 Å². The van der Waals surface area contributed by atoms with Crippen molar-refractivity contribution in [1.82, 2.24) is 4.98 Å². The molecule has 0 saturated heterocycles. The summed E-state index contributed by atoms with van der Waals surface area (Å²) < 4.78 is 0. The number of rotatable bonds is 1. The van der Waals surface area contributed by atoms with Gasteiger partial charge in [-0.15, -0.1) is 35.9 Å². The number of aromatic nitrogens is 1. The van der Waals surface area contributed by atoms with Crippen LogP contribution >= 0.6 is 0 Å². The van der Waals surface area contributed by atoms with Crippen LogP contribution in [-0.2, 0) is 20.1 Å². The quantitative estimate of drug-likeness (QED) is 0.531. The Hall–Kier alpha value is -1.50. The van der Waals surface area contributed by atoms with Gasteiger partial charge in [0.25, 0.3) is 0 Å². The second kappa shape index (κ2) is 5.64. The van der Waals surface area contributed by atoms with Crippen molar-refractivity contribution >= 4 is 10.9 Å². The molecule has 2 aromatic carbocycles. The molecule has 0 aliphatic heterocycles. The van der Waals surface area contributed by atoms with E-state index in [-0.39, 0.29) is 20.1 Å². The van der Waals surface area contributed by atoms with Gasteiger partial charge < -0.3 is 0 Å². The molecule has 0 aliphatic rings. The Kier molecular flexibility index (Phi) is 4.14. The van der Waals surface area contributed by atoms with Crippen LogP contribution in [0.1, 0.15) is 11.1 Å². The number of fused-ring (bicyclic) bond motifs is 1. The fraction of sp³-hybridized carbons (Fsp3) is 0.118. The van der Waals surface area contributed by atoms with E-state index in [0.29, 0.717) is 0 Å². The molecule has 0 amide bonds. The maximum absolute atomic E-state index is 4.77. The SMILES string of the molecule is Cc1cc(-c2[c-]cccc2)nc2c(C)cccc12.[Ir]. The van der Waals surface area contributed by atoms with Crippen LogP contribution in [0.3, 0.4) is 0 Å². The Balaban J connectivity index is 0.00000133. The summed E-state index contributed by atoms with van der Waals surface area (Å²) in [5.41, 5.74) is 5.61. The largest absolute Gasteiger partial charge is 0.296 e. The minimum Gasteiger partial charge on any atom is -0.296 e. The molecule has 0 aliphatic carbocycles. The van der Waals surface area contributed by atoms with Gasteiger partial charge in [-0.3, -0.25) is 4.98 Å². The van der Waals surface area contributed by atoms with Gasteiger partial charge in [0.15, 0.2) is 0 Å². The van der Waals surface area contributed by atoms with Gasteiger partial charge in [0.05, 0.1) is 5.52 Å². The zero-order valence-electron chi connectivity index (χ0n) is 10.9. The summed E-state index contributed by atoms with van der Waals surface area (Å²) in [6, 6.07) is 19.6. The zero-order valence-corrected chi connectivity index (χ0v) is 13.3. The van der Waals surface area contributed by atoms with E-state index in [1.165, 1.54) is 16.5 Å². The van der Waals surface area contributed by atoms with Crippen LogP contribution in [0.15, 0.2) is 48.5 Å². The van der Waals surface area contributed by atoms with E-state index in [0.717, 1.165) is 16.8 Å². The molecule has 0 atom stereocenters. The Morgan fingerprint density at radius 3 is 2.53 bits per heavy atom. The molecule has 19 heavy (non-hydrogen) atoms. The number of benzene rings is 2. The number of hydrogen-bond donors (Lipinski definition) is 0. The van der Waals surface area contributed by atoms with Crippen LogP contribution in [0, 0.1) is 19.9 Å². The monoisotopic (exact) mass is 425 g/mol. The molecular weight excluding hydrogens is 410 g/mol. The fourth-order valence-corrected chi connectivity index (χ4v) is 2.25. The van der Waals surface area contributed by atoms with Crippen molar-refractivity contribution in [3.8, 4) is 11.3 Å². The van der Waals surface area contributed by atoms with E-state index in [4.69, 9.17) is 4.98 Å². The van der Waals surface area contributed by atoms with Gasteiger partial charge in [-0.1, -0.05) is 24.3 Å². The summed E-state index contributed by atoms with van der Waals surface area (Å²) in [6.45, 7) is 4.24. The first kappa shape index (κ1) is 13.9. The van der Waals surface area contributed by atoms with Crippen LogP contribution in [-0.4, -0.2) is 4.98 Å². The van der Waals surface area contributed by atoms with Gasteiger partial charge in [-0.2, -0.15) is 0 Å². The summed E-state index contributed by atoms with van der Waals surface area (Å²) >= 11 is 0. The van der Waals surface area contributed by atoms with Gasteiger partial charge in [-0.05, 0) is 30.7 Å². The van der Waals surface area contributed by atoms with Crippen LogP contribution < -0.4 is 0 Å². The van der Waals surface area contributed by atoms with E-state index in [2.05, 4.69) is 44.2 Å². The standard InChI is InChI=1S/C17H14N.Ir/c1-12-7-6-10-15-13(2)11-16(18-17(12)15)14-8-4-3-5-9-14;/h3-8,10-11H,1-2H3;/q-1;. The molecule has 1 heterocycles. The van der Waals surface area contributed by atoms with Crippen molar-refractivity contribution in [2.75, 3.05) is 0 Å². The summed E-state index contributed by atoms with van der Waals surface area (Å²) in [7, 11) is 0. The molecule has 1 radical (unpaired) electrons. The first-order chi connectivity index (χ1) is 8.75. The second-order valence-corrected chi connectivity index (χ2v) is 4.57. The Morgan fingerprint density at radius 1 is 0.947 bits per heavy atom.